The second-order valence-corrected chi connectivity index (χ2v) is 8.88. The van der Waals surface area contributed by atoms with E-state index in [0.29, 0.717) is 27.7 Å². The third kappa shape index (κ3) is 4.08. The molecular formula is C27H25NO3S. The molecule has 0 unspecified atom stereocenters. The molecule has 32 heavy (non-hydrogen) atoms. The predicted molar refractivity (Wildman–Crippen MR) is 131 cm³/mol. The molecule has 0 bridgehead atoms. The van der Waals surface area contributed by atoms with Crippen LogP contribution in [0.2, 0.25) is 0 Å². The second kappa shape index (κ2) is 9.05. The minimum Gasteiger partial charge on any atom is -0.495 e. The minimum atomic E-state index is -0.322. The van der Waals surface area contributed by atoms with Crippen LogP contribution in [0.5, 0.6) is 5.75 Å². The number of ether oxygens (including phenoxy) is 1. The number of aryl methyl sites for hydroxylation is 3. The highest BCUT2D eigenvalue weighted by molar-refractivity contribution is 8.03. The van der Waals surface area contributed by atoms with Crippen LogP contribution >= 0.6 is 11.8 Å². The van der Waals surface area contributed by atoms with Crippen molar-refractivity contribution in [3.63, 3.8) is 0 Å². The lowest BCUT2D eigenvalue weighted by atomic mass is 10.0. The molecule has 0 aromatic heterocycles. The number of thioether (sulfide) groups is 1. The highest BCUT2D eigenvalue weighted by atomic mass is 32.2. The Balaban J connectivity index is 1.81. The summed E-state index contributed by atoms with van der Waals surface area (Å²) in [6.07, 6.45) is 0. The average molecular weight is 444 g/mol. The Hall–Kier alpha value is -3.31. The lowest BCUT2D eigenvalue weighted by molar-refractivity contribution is -0.119. The van der Waals surface area contributed by atoms with Gasteiger partial charge in [0.1, 0.15) is 5.75 Å². The van der Waals surface area contributed by atoms with Gasteiger partial charge in [-0.1, -0.05) is 54.6 Å². The number of nitrogens with zero attached hydrogens (tertiary/aromatic N) is 1. The standard InChI is InChI=1S/C27H25NO3S/c1-17-10-13-23(31-4)22(14-17)28-26(29)24(21-12-11-18(2)19(3)15-21)25(27(28)30)32-16-20-8-6-5-7-9-20/h5-15H,16H2,1-4H3. The monoisotopic (exact) mass is 443 g/mol. The topological polar surface area (TPSA) is 46.6 Å². The number of rotatable bonds is 6. The maximum atomic E-state index is 13.7. The quantitative estimate of drug-likeness (QED) is 0.449. The van der Waals surface area contributed by atoms with Crippen molar-refractivity contribution in [1.29, 1.82) is 0 Å². The van der Waals surface area contributed by atoms with Crippen LogP contribution in [0.4, 0.5) is 5.69 Å². The first-order valence-electron chi connectivity index (χ1n) is 10.4. The first-order chi connectivity index (χ1) is 15.4. The summed E-state index contributed by atoms with van der Waals surface area (Å²) in [7, 11) is 1.54. The predicted octanol–water partition coefficient (Wildman–Crippen LogP) is 5.84. The SMILES string of the molecule is COc1ccc(C)cc1N1C(=O)C(SCc2ccccc2)=C(c2ccc(C)c(C)c2)C1=O. The van der Waals surface area contributed by atoms with Crippen molar-refractivity contribution in [3.8, 4) is 5.75 Å². The van der Waals surface area contributed by atoms with Crippen LogP contribution in [0, 0.1) is 20.8 Å². The van der Waals surface area contributed by atoms with Crippen LogP contribution in [-0.2, 0) is 15.3 Å². The van der Waals surface area contributed by atoms with Crippen molar-refractivity contribution in [2.75, 3.05) is 12.0 Å². The molecule has 162 valence electrons. The Morgan fingerprint density at radius 3 is 2.28 bits per heavy atom. The normalized spacial score (nSPS) is 13.8. The molecule has 0 atom stereocenters. The van der Waals surface area contributed by atoms with E-state index in [-0.39, 0.29) is 11.8 Å². The van der Waals surface area contributed by atoms with Crippen molar-refractivity contribution in [2.24, 2.45) is 0 Å². The van der Waals surface area contributed by atoms with Crippen molar-refractivity contribution >= 4 is 34.8 Å². The van der Waals surface area contributed by atoms with Crippen molar-refractivity contribution in [3.05, 3.63) is 99.5 Å². The summed E-state index contributed by atoms with van der Waals surface area (Å²) in [5.74, 6) is 0.458. The molecule has 3 aromatic carbocycles. The Bertz CT molecular complexity index is 1230. The number of imide groups is 1. The van der Waals surface area contributed by atoms with Gasteiger partial charge in [0.05, 0.1) is 23.3 Å². The number of anilines is 1. The van der Waals surface area contributed by atoms with Gasteiger partial charge in [0.2, 0.25) is 0 Å². The van der Waals surface area contributed by atoms with Crippen LogP contribution in [0.25, 0.3) is 5.57 Å². The Morgan fingerprint density at radius 1 is 0.844 bits per heavy atom. The Labute approximate surface area is 192 Å². The van der Waals surface area contributed by atoms with Gasteiger partial charge >= 0.3 is 0 Å². The fourth-order valence-electron chi connectivity index (χ4n) is 3.72. The molecule has 0 radical (unpaired) electrons. The maximum absolute atomic E-state index is 13.7. The number of hydrogen-bond donors (Lipinski definition) is 0. The van der Waals surface area contributed by atoms with Gasteiger partial charge in [0, 0.05) is 5.75 Å². The van der Waals surface area contributed by atoms with Crippen LogP contribution in [0.3, 0.4) is 0 Å². The fourth-order valence-corrected chi connectivity index (χ4v) is 4.79. The van der Waals surface area contributed by atoms with Gasteiger partial charge in [-0.2, -0.15) is 0 Å². The molecule has 1 aliphatic heterocycles. The Kier molecular flexibility index (Phi) is 6.19. The number of benzene rings is 3. The van der Waals surface area contributed by atoms with E-state index < -0.39 is 0 Å². The molecule has 0 spiro atoms. The van der Waals surface area contributed by atoms with Crippen LogP contribution < -0.4 is 9.64 Å². The third-order valence-electron chi connectivity index (χ3n) is 5.64. The van der Waals surface area contributed by atoms with Crippen LogP contribution in [0.15, 0.2) is 71.6 Å². The number of carbonyl (C=O) groups excluding carboxylic acids is 2. The molecule has 0 fully saturated rings. The van der Waals surface area contributed by atoms with Crippen molar-refractivity contribution in [2.45, 2.75) is 26.5 Å². The molecule has 0 saturated heterocycles. The molecule has 0 N–H and O–H groups in total. The number of amides is 2. The van der Waals surface area contributed by atoms with E-state index in [4.69, 9.17) is 4.74 Å². The van der Waals surface area contributed by atoms with E-state index in [9.17, 15) is 9.59 Å². The summed E-state index contributed by atoms with van der Waals surface area (Å²) in [4.78, 5) is 29.0. The summed E-state index contributed by atoms with van der Waals surface area (Å²) in [5.41, 5.74) is 5.93. The van der Waals surface area contributed by atoms with E-state index in [1.54, 1.807) is 13.2 Å². The van der Waals surface area contributed by atoms with E-state index >= 15 is 0 Å². The van der Waals surface area contributed by atoms with Gasteiger partial charge in [-0.15, -0.1) is 11.8 Å². The smallest absolute Gasteiger partial charge is 0.272 e. The van der Waals surface area contributed by atoms with Gasteiger partial charge in [-0.25, -0.2) is 4.90 Å². The molecule has 3 aromatic rings. The van der Waals surface area contributed by atoms with Gasteiger partial charge in [-0.3, -0.25) is 9.59 Å². The van der Waals surface area contributed by atoms with E-state index in [1.807, 2.05) is 81.4 Å². The molecule has 1 aliphatic rings. The lowest BCUT2D eigenvalue weighted by Crippen LogP contribution is -2.31. The Morgan fingerprint density at radius 2 is 1.59 bits per heavy atom. The number of carbonyl (C=O) groups is 2. The van der Waals surface area contributed by atoms with E-state index in [2.05, 4.69) is 0 Å². The summed E-state index contributed by atoms with van der Waals surface area (Å²) in [6, 6.07) is 21.3. The van der Waals surface area contributed by atoms with Gasteiger partial charge in [0.15, 0.2) is 0 Å². The minimum absolute atomic E-state index is 0.312. The summed E-state index contributed by atoms with van der Waals surface area (Å²) >= 11 is 1.40. The third-order valence-corrected chi connectivity index (χ3v) is 6.78. The van der Waals surface area contributed by atoms with Gasteiger partial charge in [-0.05, 0) is 60.7 Å². The number of hydrogen-bond acceptors (Lipinski definition) is 4. The molecule has 1 heterocycles. The van der Waals surface area contributed by atoms with Crippen molar-refractivity contribution < 1.29 is 14.3 Å². The zero-order valence-electron chi connectivity index (χ0n) is 18.6. The first kappa shape index (κ1) is 21.9. The van der Waals surface area contributed by atoms with E-state index in [0.717, 1.165) is 27.8 Å². The summed E-state index contributed by atoms with van der Waals surface area (Å²) in [5, 5.41) is 0. The van der Waals surface area contributed by atoms with E-state index in [1.165, 1.54) is 16.7 Å². The maximum Gasteiger partial charge on any atom is 0.272 e. The highest BCUT2D eigenvalue weighted by Crippen LogP contribution is 2.42. The van der Waals surface area contributed by atoms with Crippen LogP contribution in [-0.4, -0.2) is 18.9 Å². The van der Waals surface area contributed by atoms with Gasteiger partial charge < -0.3 is 4.74 Å². The molecule has 4 rings (SSSR count). The molecule has 0 saturated carbocycles. The molecule has 5 heteroatoms. The highest BCUT2D eigenvalue weighted by Gasteiger charge is 2.41. The zero-order chi connectivity index (χ0) is 22.8. The summed E-state index contributed by atoms with van der Waals surface area (Å²) < 4.78 is 5.48. The van der Waals surface area contributed by atoms with Gasteiger partial charge in [0.25, 0.3) is 11.8 Å². The molecule has 0 aliphatic carbocycles. The molecular weight excluding hydrogens is 418 g/mol. The zero-order valence-corrected chi connectivity index (χ0v) is 19.5. The second-order valence-electron chi connectivity index (χ2n) is 7.90. The number of methoxy groups -OCH3 is 1. The average Bonchev–Trinajstić information content (AvgIpc) is 3.04. The molecule has 4 nitrogen and oxygen atoms in total. The fraction of sp³-hybridized carbons (Fsp3) is 0.185. The molecule has 2 amide bonds. The first-order valence-corrected chi connectivity index (χ1v) is 11.4. The van der Waals surface area contributed by atoms with Crippen molar-refractivity contribution in [1.82, 2.24) is 0 Å². The van der Waals surface area contributed by atoms with Crippen LogP contribution in [0.1, 0.15) is 27.8 Å². The lowest BCUT2D eigenvalue weighted by Gasteiger charge is -2.19. The summed E-state index contributed by atoms with van der Waals surface area (Å²) in [6.45, 7) is 5.97. The largest absolute Gasteiger partial charge is 0.495 e.